The lowest BCUT2D eigenvalue weighted by molar-refractivity contribution is -0.145. The highest BCUT2D eigenvalue weighted by Gasteiger charge is 2.14. The first-order chi connectivity index (χ1) is 9.97. The molecule has 1 rings (SSSR count). The van der Waals surface area contributed by atoms with Gasteiger partial charge in [-0.1, -0.05) is 12.1 Å². The number of nitriles is 1. The van der Waals surface area contributed by atoms with Gasteiger partial charge in [0.2, 0.25) is 0 Å². The molecule has 0 aliphatic carbocycles. The number of esters is 1. The molecule has 1 aromatic rings. The molecule has 5 nitrogen and oxygen atoms in total. The third kappa shape index (κ3) is 5.28. The van der Waals surface area contributed by atoms with Crippen molar-refractivity contribution in [3.63, 3.8) is 0 Å². The zero-order valence-electron chi connectivity index (χ0n) is 12.8. The Labute approximate surface area is 125 Å². The van der Waals surface area contributed by atoms with E-state index in [4.69, 9.17) is 14.7 Å². The van der Waals surface area contributed by atoms with Crippen LogP contribution >= 0.6 is 0 Å². The van der Waals surface area contributed by atoms with Gasteiger partial charge in [-0.25, -0.2) is 4.79 Å². The third-order valence-electron chi connectivity index (χ3n) is 2.77. The van der Waals surface area contributed by atoms with Crippen molar-refractivity contribution >= 4 is 17.7 Å². The Balaban J connectivity index is 2.84. The van der Waals surface area contributed by atoms with E-state index < -0.39 is 12.1 Å². The predicted molar refractivity (Wildman–Crippen MR) is 81.8 cm³/mol. The monoisotopic (exact) mass is 288 g/mol. The fraction of sp³-hybridized carbons (Fsp3) is 0.375. The maximum Gasteiger partial charge on any atom is 0.349 e. The minimum Gasteiger partial charge on any atom is -0.456 e. The molecule has 112 valence electrons. The quantitative estimate of drug-likeness (QED) is 0.456. The van der Waals surface area contributed by atoms with Gasteiger partial charge in [0.05, 0.1) is 6.61 Å². The molecule has 0 saturated carbocycles. The molecular formula is C16H20N2O3. The summed E-state index contributed by atoms with van der Waals surface area (Å²) in [4.78, 5) is 13.8. The summed E-state index contributed by atoms with van der Waals surface area (Å²) in [6.07, 6.45) is 1.12. The van der Waals surface area contributed by atoms with Gasteiger partial charge in [-0.3, -0.25) is 0 Å². The van der Waals surface area contributed by atoms with Crippen LogP contribution in [0.3, 0.4) is 0 Å². The third-order valence-corrected chi connectivity index (χ3v) is 2.77. The summed E-state index contributed by atoms with van der Waals surface area (Å²) in [5, 5.41) is 9.08. The molecule has 0 fully saturated rings. The molecule has 1 aromatic carbocycles. The summed E-state index contributed by atoms with van der Waals surface area (Å²) in [5.41, 5.74) is 1.78. The van der Waals surface area contributed by atoms with Crippen molar-refractivity contribution in [1.29, 1.82) is 5.26 Å². The molecule has 0 amide bonds. The van der Waals surface area contributed by atoms with E-state index in [1.54, 1.807) is 6.92 Å². The minimum atomic E-state index is -0.640. The van der Waals surface area contributed by atoms with Gasteiger partial charge in [-0.2, -0.15) is 5.26 Å². The fourth-order valence-corrected chi connectivity index (χ4v) is 1.69. The average Bonchev–Trinajstić information content (AvgIpc) is 2.45. The number of anilines is 1. The molecule has 1 atom stereocenters. The molecule has 0 saturated heterocycles. The number of nitrogens with zero attached hydrogens (tertiary/aromatic N) is 2. The SMILES string of the molecule is COC[C@H](C)OC(=O)/C(C#N)=C/c1ccc(N(C)C)cc1. The molecule has 0 aromatic heterocycles. The molecule has 0 heterocycles. The first-order valence-electron chi connectivity index (χ1n) is 6.57. The molecule has 5 heteroatoms. The Morgan fingerprint density at radius 1 is 1.38 bits per heavy atom. The van der Waals surface area contributed by atoms with E-state index in [1.807, 2.05) is 49.3 Å². The number of carbonyl (C=O) groups is 1. The van der Waals surface area contributed by atoms with E-state index >= 15 is 0 Å². The van der Waals surface area contributed by atoms with Crippen LogP contribution in [-0.4, -0.2) is 39.9 Å². The topological polar surface area (TPSA) is 62.6 Å². The molecular weight excluding hydrogens is 268 g/mol. The molecule has 0 aliphatic rings. The summed E-state index contributed by atoms with van der Waals surface area (Å²) in [7, 11) is 5.41. The molecule has 0 aliphatic heterocycles. The second kappa shape index (κ2) is 8.08. The number of carbonyl (C=O) groups excluding carboxylic acids is 1. The summed E-state index contributed by atoms with van der Waals surface area (Å²) in [6, 6.07) is 9.39. The van der Waals surface area contributed by atoms with Crippen molar-refractivity contribution in [3.05, 3.63) is 35.4 Å². The standard InChI is InChI=1S/C16H20N2O3/c1-12(11-20-4)21-16(19)14(10-17)9-13-5-7-15(8-6-13)18(2)3/h5-9,12H,11H2,1-4H3/b14-9+/t12-/m0/s1. The predicted octanol–water partition coefficient (Wildman–Crippen LogP) is 2.24. The molecule has 0 N–H and O–H groups in total. The maximum atomic E-state index is 11.9. The van der Waals surface area contributed by atoms with Gasteiger partial charge in [-0.05, 0) is 30.7 Å². The van der Waals surface area contributed by atoms with Gasteiger partial charge in [0.25, 0.3) is 0 Å². The molecule has 0 radical (unpaired) electrons. The van der Waals surface area contributed by atoms with Crippen LogP contribution in [0, 0.1) is 11.3 Å². The number of hydrogen-bond acceptors (Lipinski definition) is 5. The normalized spacial score (nSPS) is 12.4. The van der Waals surface area contributed by atoms with Crippen molar-refractivity contribution in [2.45, 2.75) is 13.0 Å². The van der Waals surface area contributed by atoms with Crippen molar-refractivity contribution in [1.82, 2.24) is 0 Å². The summed E-state index contributed by atoms with van der Waals surface area (Å²) < 4.78 is 10.0. The van der Waals surface area contributed by atoms with Gasteiger partial charge in [0.15, 0.2) is 0 Å². The molecule has 0 unspecified atom stereocenters. The lowest BCUT2D eigenvalue weighted by atomic mass is 10.1. The van der Waals surface area contributed by atoms with E-state index in [1.165, 1.54) is 13.2 Å². The fourth-order valence-electron chi connectivity index (χ4n) is 1.69. The maximum absolute atomic E-state index is 11.9. The van der Waals surface area contributed by atoms with Gasteiger partial charge in [0, 0.05) is 26.9 Å². The Hall–Kier alpha value is -2.32. The second-order valence-corrected chi connectivity index (χ2v) is 4.83. The first-order valence-corrected chi connectivity index (χ1v) is 6.57. The van der Waals surface area contributed by atoms with Crippen LogP contribution < -0.4 is 4.90 Å². The van der Waals surface area contributed by atoms with E-state index in [2.05, 4.69) is 0 Å². The van der Waals surface area contributed by atoms with Gasteiger partial charge in [0.1, 0.15) is 17.7 Å². The van der Waals surface area contributed by atoms with Crippen molar-refractivity contribution in [2.24, 2.45) is 0 Å². The number of methoxy groups -OCH3 is 1. The molecule has 0 spiro atoms. The van der Waals surface area contributed by atoms with Crippen LogP contribution in [-0.2, 0) is 14.3 Å². The van der Waals surface area contributed by atoms with Crippen LogP contribution in [0.15, 0.2) is 29.8 Å². The van der Waals surface area contributed by atoms with E-state index in [0.717, 1.165) is 11.3 Å². The van der Waals surface area contributed by atoms with Crippen LogP contribution in [0.5, 0.6) is 0 Å². The van der Waals surface area contributed by atoms with Crippen molar-refractivity contribution in [3.8, 4) is 6.07 Å². The largest absolute Gasteiger partial charge is 0.456 e. The number of hydrogen-bond donors (Lipinski definition) is 0. The van der Waals surface area contributed by atoms with Crippen LogP contribution in [0.2, 0.25) is 0 Å². The van der Waals surface area contributed by atoms with Crippen molar-refractivity contribution < 1.29 is 14.3 Å². The smallest absolute Gasteiger partial charge is 0.349 e. The minimum absolute atomic E-state index is 0.0319. The zero-order valence-corrected chi connectivity index (χ0v) is 12.8. The summed E-state index contributed by atoms with van der Waals surface area (Å²) in [5.74, 6) is -0.640. The van der Waals surface area contributed by atoms with Crippen LogP contribution in [0.4, 0.5) is 5.69 Å². The van der Waals surface area contributed by atoms with E-state index in [-0.39, 0.29) is 5.57 Å². The number of benzene rings is 1. The average molecular weight is 288 g/mol. The number of rotatable bonds is 6. The zero-order chi connectivity index (χ0) is 15.8. The Bertz CT molecular complexity index is 542. The lowest BCUT2D eigenvalue weighted by Gasteiger charge is -2.12. The summed E-state index contributed by atoms with van der Waals surface area (Å²) >= 11 is 0. The highest BCUT2D eigenvalue weighted by Crippen LogP contribution is 2.15. The van der Waals surface area contributed by atoms with Gasteiger partial charge < -0.3 is 14.4 Å². The first kappa shape index (κ1) is 16.7. The van der Waals surface area contributed by atoms with E-state index in [9.17, 15) is 4.79 Å². The van der Waals surface area contributed by atoms with E-state index in [0.29, 0.717) is 6.61 Å². The Morgan fingerprint density at radius 2 is 2.00 bits per heavy atom. The second-order valence-electron chi connectivity index (χ2n) is 4.83. The van der Waals surface area contributed by atoms with Crippen molar-refractivity contribution in [2.75, 3.05) is 32.7 Å². The summed E-state index contributed by atoms with van der Waals surface area (Å²) in [6.45, 7) is 2.00. The van der Waals surface area contributed by atoms with Gasteiger partial charge >= 0.3 is 5.97 Å². The van der Waals surface area contributed by atoms with Crippen LogP contribution in [0.25, 0.3) is 6.08 Å². The highest BCUT2D eigenvalue weighted by molar-refractivity contribution is 5.98. The number of ether oxygens (including phenoxy) is 2. The lowest BCUT2D eigenvalue weighted by Crippen LogP contribution is -2.20. The highest BCUT2D eigenvalue weighted by atomic mass is 16.6. The molecule has 0 bridgehead atoms. The Morgan fingerprint density at radius 3 is 2.48 bits per heavy atom. The van der Waals surface area contributed by atoms with Gasteiger partial charge in [-0.15, -0.1) is 0 Å². The van der Waals surface area contributed by atoms with Crippen LogP contribution in [0.1, 0.15) is 12.5 Å². The molecule has 21 heavy (non-hydrogen) atoms. The Kier molecular flexibility index (Phi) is 6.44.